The van der Waals surface area contributed by atoms with Crippen molar-refractivity contribution >= 4 is 42.4 Å². The SMILES string of the molecule is O=S(=O)(O[I+](c1ccc(C(F)(F)F)cc1)c1ccc(C(F)(F)F)cc1)c1ccc2ccc3cccc4ccc1c2c34. The fourth-order valence-electron chi connectivity index (χ4n) is 4.75. The van der Waals surface area contributed by atoms with Crippen LogP contribution in [-0.4, -0.2) is 8.42 Å². The first kappa shape index (κ1) is 27.7. The molecule has 0 fully saturated rings. The lowest BCUT2D eigenvalue weighted by atomic mass is 9.94. The molecule has 0 amide bonds. The Kier molecular flexibility index (Phi) is 6.66. The molecule has 0 heterocycles. The van der Waals surface area contributed by atoms with Gasteiger partial charge < -0.3 is 0 Å². The second-order valence-corrected chi connectivity index (χ2v) is 15.7. The van der Waals surface area contributed by atoms with Crippen LogP contribution in [0.5, 0.6) is 0 Å². The van der Waals surface area contributed by atoms with Gasteiger partial charge in [0.15, 0.2) is 7.14 Å². The van der Waals surface area contributed by atoms with Crippen molar-refractivity contribution in [2.24, 2.45) is 0 Å². The Bertz CT molecular complexity index is 1930. The zero-order valence-corrected chi connectivity index (χ0v) is 23.6. The van der Waals surface area contributed by atoms with Gasteiger partial charge in [-0.3, -0.25) is 0 Å². The van der Waals surface area contributed by atoms with Crippen molar-refractivity contribution in [3.8, 4) is 0 Å². The number of alkyl halides is 6. The molecule has 3 nitrogen and oxygen atoms in total. The average molecular weight is 698 g/mol. The van der Waals surface area contributed by atoms with Crippen molar-refractivity contribution in [2.75, 3.05) is 0 Å². The van der Waals surface area contributed by atoms with Gasteiger partial charge in [0.25, 0.3) is 0 Å². The molecule has 0 aromatic heterocycles. The molecule has 11 heteroatoms. The normalized spacial score (nSPS) is 13.1. The highest BCUT2D eigenvalue weighted by Crippen LogP contribution is 2.37. The number of halogens is 7. The minimum Gasteiger partial charge on any atom is -0.190 e. The molecule has 0 unspecified atom stereocenters. The highest BCUT2D eigenvalue weighted by Gasteiger charge is 2.40. The second kappa shape index (κ2) is 9.85. The third-order valence-electron chi connectivity index (χ3n) is 6.64. The third-order valence-corrected chi connectivity index (χ3v) is 14.0. The molecule has 0 N–H and O–H groups in total. The lowest BCUT2D eigenvalue weighted by Crippen LogP contribution is -3.85. The first-order valence-electron chi connectivity index (χ1n) is 12.0. The van der Waals surface area contributed by atoms with Crippen molar-refractivity contribution in [1.29, 1.82) is 0 Å². The molecule has 0 saturated carbocycles. The van der Waals surface area contributed by atoms with E-state index in [1.807, 2.05) is 30.3 Å². The van der Waals surface area contributed by atoms with E-state index in [1.54, 1.807) is 18.2 Å². The van der Waals surface area contributed by atoms with Crippen LogP contribution in [0.2, 0.25) is 0 Å². The van der Waals surface area contributed by atoms with E-state index in [0.717, 1.165) is 75.5 Å². The van der Waals surface area contributed by atoms with Gasteiger partial charge in [0, 0.05) is 5.39 Å². The van der Waals surface area contributed by atoms with Crippen LogP contribution in [-0.2, 0) is 25.0 Å². The quantitative estimate of drug-likeness (QED) is 0.134. The van der Waals surface area contributed by atoms with E-state index in [9.17, 15) is 34.8 Å². The van der Waals surface area contributed by atoms with Gasteiger partial charge in [-0.15, -0.1) is 0 Å². The lowest BCUT2D eigenvalue weighted by Gasteiger charge is -2.14. The van der Waals surface area contributed by atoms with E-state index < -0.39 is 53.8 Å². The Balaban J connectivity index is 1.48. The van der Waals surface area contributed by atoms with Crippen molar-refractivity contribution in [2.45, 2.75) is 17.2 Å². The molecule has 0 aliphatic rings. The maximum absolute atomic E-state index is 13.8. The molecule has 6 rings (SSSR count). The Morgan fingerprint density at radius 1 is 0.537 bits per heavy atom. The predicted octanol–water partition coefficient (Wildman–Crippen LogP) is 5.61. The number of benzene rings is 6. The number of hydrogen-bond acceptors (Lipinski definition) is 3. The summed E-state index contributed by atoms with van der Waals surface area (Å²) in [7, 11) is -4.53. The summed E-state index contributed by atoms with van der Waals surface area (Å²) in [6.07, 6.45) is -9.25. The van der Waals surface area contributed by atoms with Gasteiger partial charge in [0.2, 0.25) is 0 Å². The van der Waals surface area contributed by atoms with Crippen LogP contribution < -0.4 is 20.2 Å². The molecule has 1 radical (unpaired) electrons. The molecular weight excluding hydrogens is 681 g/mol. The highest BCUT2D eigenvalue weighted by molar-refractivity contribution is 7.86. The molecule has 209 valence electrons. The first-order chi connectivity index (χ1) is 19.3. The standard InChI is InChI=1S/C30H17F6IO3S/c31-29(32,33)21-8-12-23(13-9-21)37(24-14-10-22(11-15-24)30(34,35)36)40-41(38,39)26-17-7-20-5-4-18-2-1-3-19-6-16-25(26)28(20)27(18)19/h1-17H/q+1. The Labute approximate surface area is 237 Å². The van der Waals surface area contributed by atoms with Gasteiger partial charge in [0.05, 0.1) is 11.1 Å². The Morgan fingerprint density at radius 3 is 1.46 bits per heavy atom. The molecule has 6 aromatic rings. The van der Waals surface area contributed by atoms with E-state index >= 15 is 0 Å². The molecule has 0 bridgehead atoms. The molecule has 6 aromatic carbocycles. The van der Waals surface area contributed by atoms with Crippen LogP contribution in [0, 0.1) is 7.14 Å². The van der Waals surface area contributed by atoms with E-state index in [0.29, 0.717) is 5.39 Å². The first-order valence-corrected chi connectivity index (χ1v) is 16.4. The lowest BCUT2D eigenvalue weighted by molar-refractivity contribution is -1.03. The highest BCUT2D eigenvalue weighted by atomic mass is 127. The van der Waals surface area contributed by atoms with Crippen LogP contribution in [0.4, 0.5) is 26.3 Å². The Hall–Kier alpha value is -3.42. The third kappa shape index (κ3) is 5.10. The van der Waals surface area contributed by atoms with Gasteiger partial charge in [-0.1, -0.05) is 48.5 Å². The monoisotopic (exact) mass is 698 g/mol. The summed E-state index contributed by atoms with van der Waals surface area (Å²) in [4.78, 5) is -0.135. The predicted molar refractivity (Wildman–Crippen MR) is 139 cm³/mol. The van der Waals surface area contributed by atoms with E-state index in [1.165, 1.54) is 6.07 Å². The Morgan fingerprint density at radius 2 is 0.976 bits per heavy atom. The molecular formula is C30H17F6IO3S+. The summed E-state index contributed by atoms with van der Waals surface area (Å²) in [5, 5.41) is 4.64. The molecule has 0 atom stereocenters. The summed E-state index contributed by atoms with van der Waals surface area (Å²) in [5.41, 5.74) is -1.89. The maximum Gasteiger partial charge on any atom is 0.416 e. The second-order valence-electron chi connectivity index (χ2n) is 9.19. The molecule has 0 aliphatic carbocycles. The summed E-state index contributed by atoms with van der Waals surface area (Å²) in [5.74, 6) is 0. The van der Waals surface area contributed by atoms with Crippen LogP contribution in [0.25, 0.3) is 32.3 Å². The fourth-order valence-corrected chi connectivity index (χ4v) is 11.8. The summed E-state index contributed by atoms with van der Waals surface area (Å²) in [6, 6.07) is 23.7. The van der Waals surface area contributed by atoms with Crippen molar-refractivity contribution in [1.82, 2.24) is 0 Å². The van der Waals surface area contributed by atoms with Crippen molar-refractivity contribution < 1.29 is 57.5 Å². The zero-order valence-electron chi connectivity index (χ0n) is 20.6. The van der Waals surface area contributed by atoms with Crippen LogP contribution in [0.3, 0.4) is 0 Å². The maximum atomic E-state index is 13.8. The minimum atomic E-state index is -4.62. The number of rotatable bonds is 5. The van der Waals surface area contributed by atoms with Crippen LogP contribution in [0.15, 0.2) is 108 Å². The van der Waals surface area contributed by atoms with Crippen molar-refractivity contribution in [3.63, 3.8) is 0 Å². The molecule has 0 saturated heterocycles. The van der Waals surface area contributed by atoms with Gasteiger partial charge in [-0.05, 0) is 84.0 Å². The van der Waals surface area contributed by atoms with Gasteiger partial charge >= 0.3 is 42.7 Å². The van der Waals surface area contributed by atoms with Gasteiger partial charge in [-0.2, -0.15) is 34.8 Å². The fraction of sp³-hybridized carbons (Fsp3) is 0.0667. The molecule has 0 aliphatic heterocycles. The van der Waals surface area contributed by atoms with Crippen molar-refractivity contribution in [3.05, 3.63) is 121 Å². The van der Waals surface area contributed by atoms with E-state index in [2.05, 4.69) is 0 Å². The van der Waals surface area contributed by atoms with Crippen LogP contribution >= 0.6 is 0 Å². The topological polar surface area (TPSA) is 43.4 Å². The number of hydrogen-bond donors (Lipinski definition) is 0. The van der Waals surface area contributed by atoms with Crippen LogP contribution in [0.1, 0.15) is 11.1 Å². The largest absolute Gasteiger partial charge is 0.416 e. The molecule has 0 spiro atoms. The summed E-state index contributed by atoms with van der Waals surface area (Å²) >= 11 is -3.61. The zero-order chi connectivity index (χ0) is 29.2. The summed E-state index contributed by atoms with van der Waals surface area (Å²) < 4.78 is 113. The summed E-state index contributed by atoms with van der Waals surface area (Å²) in [6.45, 7) is 0. The van der Waals surface area contributed by atoms with E-state index in [4.69, 9.17) is 2.51 Å². The smallest absolute Gasteiger partial charge is 0.190 e. The van der Waals surface area contributed by atoms with Gasteiger partial charge in [0.1, 0.15) is 4.90 Å². The average Bonchev–Trinajstić information content (AvgIpc) is 2.94. The minimum absolute atomic E-state index is 0.135. The molecule has 41 heavy (non-hydrogen) atoms. The van der Waals surface area contributed by atoms with E-state index in [-0.39, 0.29) is 12.0 Å². The van der Waals surface area contributed by atoms with Gasteiger partial charge in [-0.25, -0.2) is 0 Å².